The standard InChI is InChI=1S/C15H17ClN2S/c1-15(2,3)12-9-14(19)18-13(17-12)8-10-6-4-5-7-11(10)16/h4-7,9H,8H2,1-3H3,(H,17,18,19). The van der Waals surface area contributed by atoms with Crippen LogP contribution in [0.3, 0.4) is 0 Å². The van der Waals surface area contributed by atoms with Crippen molar-refractivity contribution in [3.05, 3.63) is 57.1 Å². The van der Waals surface area contributed by atoms with Crippen LogP contribution in [0.4, 0.5) is 0 Å². The number of rotatable bonds is 2. The lowest BCUT2D eigenvalue weighted by Gasteiger charge is -2.19. The Morgan fingerprint density at radius 2 is 1.95 bits per heavy atom. The number of benzene rings is 1. The van der Waals surface area contributed by atoms with Crippen molar-refractivity contribution in [1.82, 2.24) is 9.97 Å². The molecule has 0 radical (unpaired) electrons. The van der Waals surface area contributed by atoms with Gasteiger partial charge >= 0.3 is 0 Å². The number of halogens is 1. The van der Waals surface area contributed by atoms with Crippen molar-refractivity contribution in [3.8, 4) is 0 Å². The Hall–Kier alpha value is -1.19. The quantitative estimate of drug-likeness (QED) is 0.814. The summed E-state index contributed by atoms with van der Waals surface area (Å²) >= 11 is 11.4. The fourth-order valence-corrected chi connectivity index (χ4v) is 2.25. The van der Waals surface area contributed by atoms with Crippen molar-refractivity contribution < 1.29 is 0 Å². The number of aromatic nitrogens is 2. The Bertz CT molecular complexity index is 641. The maximum Gasteiger partial charge on any atom is 0.130 e. The van der Waals surface area contributed by atoms with E-state index in [4.69, 9.17) is 23.8 Å². The van der Waals surface area contributed by atoms with Crippen LogP contribution in [0.1, 0.15) is 37.9 Å². The second-order valence-electron chi connectivity index (χ2n) is 5.60. The van der Waals surface area contributed by atoms with Gasteiger partial charge in [-0.05, 0) is 17.7 Å². The van der Waals surface area contributed by atoms with Crippen LogP contribution in [0, 0.1) is 4.64 Å². The molecule has 0 aliphatic rings. The summed E-state index contributed by atoms with van der Waals surface area (Å²) in [4.78, 5) is 7.75. The maximum atomic E-state index is 6.18. The van der Waals surface area contributed by atoms with Crippen LogP contribution in [0.15, 0.2) is 30.3 Å². The SMILES string of the molecule is CC(C)(C)c1cc(=S)nc(Cc2ccccc2Cl)[nH]1. The van der Waals surface area contributed by atoms with Gasteiger partial charge in [0, 0.05) is 22.6 Å². The summed E-state index contributed by atoms with van der Waals surface area (Å²) in [7, 11) is 0. The molecule has 2 nitrogen and oxygen atoms in total. The Kier molecular flexibility index (Phi) is 4.07. The topological polar surface area (TPSA) is 28.7 Å². The highest BCUT2D eigenvalue weighted by Gasteiger charge is 2.15. The molecule has 0 aliphatic heterocycles. The van der Waals surface area contributed by atoms with E-state index >= 15 is 0 Å². The van der Waals surface area contributed by atoms with Crippen molar-refractivity contribution in [2.45, 2.75) is 32.6 Å². The molecule has 1 N–H and O–H groups in total. The van der Waals surface area contributed by atoms with Gasteiger partial charge in [-0.3, -0.25) is 0 Å². The molecule has 2 rings (SSSR count). The van der Waals surface area contributed by atoms with E-state index in [2.05, 4.69) is 30.7 Å². The number of nitrogens with one attached hydrogen (secondary N) is 1. The molecular weight excluding hydrogens is 276 g/mol. The molecular formula is C15H17ClN2S. The monoisotopic (exact) mass is 292 g/mol. The summed E-state index contributed by atoms with van der Waals surface area (Å²) in [6.07, 6.45) is 0.660. The molecule has 4 heteroatoms. The van der Waals surface area contributed by atoms with Gasteiger partial charge in [-0.25, -0.2) is 4.98 Å². The molecule has 0 aliphatic carbocycles. The molecule has 0 saturated heterocycles. The Morgan fingerprint density at radius 3 is 2.58 bits per heavy atom. The largest absolute Gasteiger partial charge is 0.346 e. The molecule has 0 bridgehead atoms. The van der Waals surface area contributed by atoms with Gasteiger partial charge < -0.3 is 4.98 Å². The summed E-state index contributed by atoms with van der Waals surface area (Å²) in [6, 6.07) is 9.71. The van der Waals surface area contributed by atoms with Gasteiger partial charge in [0.15, 0.2) is 0 Å². The van der Waals surface area contributed by atoms with Crippen molar-refractivity contribution in [1.29, 1.82) is 0 Å². The van der Waals surface area contributed by atoms with Crippen molar-refractivity contribution >= 4 is 23.8 Å². The first-order valence-electron chi connectivity index (χ1n) is 6.20. The maximum absolute atomic E-state index is 6.18. The van der Waals surface area contributed by atoms with Crippen LogP contribution >= 0.6 is 23.8 Å². The van der Waals surface area contributed by atoms with Crippen molar-refractivity contribution in [2.75, 3.05) is 0 Å². The normalized spacial score (nSPS) is 11.6. The van der Waals surface area contributed by atoms with Gasteiger partial charge in [0.2, 0.25) is 0 Å². The summed E-state index contributed by atoms with van der Waals surface area (Å²) in [5, 5.41) is 0.754. The van der Waals surface area contributed by atoms with Crippen LogP contribution in [-0.2, 0) is 11.8 Å². The third-order valence-electron chi connectivity index (χ3n) is 2.92. The molecule has 0 saturated carbocycles. The van der Waals surface area contributed by atoms with E-state index in [1.807, 2.05) is 30.3 Å². The van der Waals surface area contributed by atoms with Crippen molar-refractivity contribution in [3.63, 3.8) is 0 Å². The second-order valence-corrected chi connectivity index (χ2v) is 6.42. The zero-order valence-electron chi connectivity index (χ0n) is 11.3. The number of nitrogens with zero attached hydrogens (tertiary/aromatic N) is 1. The van der Waals surface area contributed by atoms with E-state index < -0.39 is 0 Å². The van der Waals surface area contributed by atoms with Crippen LogP contribution in [-0.4, -0.2) is 9.97 Å². The molecule has 0 spiro atoms. The highest BCUT2D eigenvalue weighted by atomic mass is 35.5. The number of aromatic amines is 1. The molecule has 1 aromatic heterocycles. The fraction of sp³-hybridized carbons (Fsp3) is 0.333. The average Bonchev–Trinajstić information content (AvgIpc) is 2.30. The summed E-state index contributed by atoms with van der Waals surface area (Å²) < 4.78 is 0.616. The summed E-state index contributed by atoms with van der Waals surface area (Å²) in [5.41, 5.74) is 2.16. The first-order valence-corrected chi connectivity index (χ1v) is 6.99. The van der Waals surface area contributed by atoms with Gasteiger partial charge in [0.25, 0.3) is 0 Å². The highest BCUT2D eigenvalue weighted by molar-refractivity contribution is 7.71. The predicted molar refractivity (Wildman–Crippen MR) is 82.4 cm³/mol. The molecule has 19 heavy (non-hydrogen) atoms. The smallest absolute Gasteiger partial charge is 0.130 e. The molecule has 0 atom stereocenters. The minimum Gasteiger partial charge on any atom is -0.346 e. The fourth-order valence-electron chi connectivity index (χ4n) is 1.82. The Labute approximate surface area is 123 Å². The molecule has 0 amide bonds. The Balaban J connectivity index is 2.39. The molecule has 1 heterocycles. The lowest BCUT2D eigenvalue weighted by molar-refractivity contribution is 0.562. The van der Waals surface area contributed by atoms with E-state index in [0.29, 0.717) is 11.1 Å². The van der Waals surface area contributed by atoms with Crippen LogP contribution in [0.5, 0.6) is 0 Å². The zero-order valence-corrected chi connectivity index (χ0v) is 12.9. The van der Waals surface area contributed by atoms with Crippen LogP contribution in [0.25, 0.3) is 0 Å². The molecule has 2 aromatic rings. The third kappa shape index (κ3) is 3.64. The minimum atomic E-state index is 0.0196. The summed E-state index contributed by atoms with van der Waals surface area (Å²) in [6.45, 7) is 6.44. The molecule has 1 aromatic carbocycles. The van der Waals surface area contributed by atoms with Gasteiger partial charge in [0.1, 0.15) is 10.5 Å². The van der Waals surface area contributed by atoms with E-state index in [0.717, 1.165) is 22.1 Å². The number of hydrogen-bond donors (Lipinski definition) is 1. The lowest BCUT2D eigenvalue weighted by atomic mass is 9.92. The Morgan fingerprint density at radius 1 is 1.26 bits per heavy atom. The molecule has 0 fully saturated rings. The van der Waals surface area contributed by atoms with E-state index in [1.54, 1.807) is 0 Å². The average molecular weight is 293 g/mol. The van der Waals surface area contributed by atoms with Crippen LogP contribution < -0.4 is 0 Å². The lowest BCUT2D eigenvalue weighted by Crippen LogP contribution is -2.15. The predicted octanol–water partition coefficient (Wildman–Crippen LogP) is 4.68. The first-order chi connectivity index (χ1) is 8.86. The number of hydrogen-bond acceptors (Lipinski definition) is 2. The van der Waals surface area contributed by atoms with Crippen molar-refractivity contribution in [2.24, 2.45) is 0 Å². The van der Waals surface area contributed by atoms with E-state index in [9.17, 15) is 0 Å². The van der Waals surface area contributed by atoms with E-state index in [1.165, 1.54) is 0 Å². The third-order valence-corrected chi connectivity index (χ3v) is 3.49. The summed E-state index contributed by atoms with van der Waals surface area (Å²) in [5.74, 6) is 0.852. The highest BCUT2D eigenvalue weighted by Crippen LogP contribution is 2.22. The van der Waals surface area contributed by atoms with Gasteiger partial charge in [-0.1, -0.05) is 62.8 Å². The zero-order chi connectivity index (χ0) is 14.0. The van der Waals surface area contributed by atoms with Gasteiger partial charge in [-0.2, -0.15) is 0 Å². The second kappa shape index (κ2) is 5.43. The molecule has 0 unspecified atom stereocenters. The first kappa shape index (κ1) is 14.2. The molecule has 100 valence electrons. The minimum absolute atomic E-state index is 0.0196. The van der Waals surface area contributed by atoms with Gasteiger partial charge in [0.05, 0.1) is 0 Å². The number of H-pyrrole nitrogens is 1. The van der Waals surface area contributed by atoms with E-state index in [-0.39, 0.29) is 5.41 Å². The van der Waals surface area contributed by atoms with Gasteiger partial charge in [-0.15, -0.1) is 0 Å². The van der Waals surface area contributed by atoms with Crippen LogP contribution in [0.2, 0.25) is 5.02 Å².